The minimum Gasteiger partial charge on any atom is -0.355 e. The monoisotopic (exact) mass is 240 g/mol. The summed E-state index contributed by atoms with van der Waals surface area (Å²) >= 11 is 0. The molecule has 0 saturated heterocycles. The van der Waals surface area contributed by atoms with E-state index in [-0.39, 0.29) is 11.8 Å². The Bertz CT molecular complexity index is 273. The molecular weight excluding hydrogens is 216 g/mol. The van der Waals surface area contributed by atoms with Gasteiger partial charge in [0.15, 0.2) is 0 Å². The molecule has 2 N–H and O–H groups in total. The number of hydrogen-bond donors (Lipinski definition) is 2. The highest BCUT2D eigenvalue weighted by molar-refractivity contribution is 6.04. The molecule has 0 aromatic carbocycles. The van der Waals surface area contributed by atoms with Crippen LogP contribution in [-0.4, -0.2) is 24.9 Å². The van der Waals surface area contributed by atoms with Crippen LogP contribution in [-0.2, 0) is 9.59 Å². The van der Waals surface area contributed by atoms with Gasteiger partial charge < -0.3 is 10.6 Å². The van der Waals surface area contributed by atoms with Crippen molar-refractivity contribution < 1.29 is 9.59 Å². The fourth-order valence-electron chi connectivity index (χ4n) is 1.29. The Labute approximate surface area is 104 Å². The summed E-state index contributed by atoms with van der Waals surface area (Å²) in [5.74, 6) is -0.499. The predicted octanol–water partition coefficient (Wildman–Crippen LogP) is 1.62. The van der Waals surface area contributed by atoms with Gasteiger partial charge >= 0.3 is 0 Å². The van der Waals surface area contributed by atoms with Crippen molar-refractivity contribution >= 4 is 11.8 Å². The van der Waals surface area contributed by atoms with Crippen LogP contribution in [0.25, 0.3) is 0 Å². The predicted molar refractivity (Wildman–Crippen MR) is 69.5 cm³/mol. The third-order valence-electron chi connectivity index (χ3n) is 2.61. The van der Waals surface area contributed by atoms with E-state index in [1.54, 1.807) is 19.9 Å². The van der Waals surface area contributed by atoms with Gasteiger partial charge in [0.25, 0.3) is 0 Å². The van der Waals surface area contributed by atoms with E-state index in [0.717, 1.165) is 19.3 Å². The smallest absolute Gasteiger partial charge is 0.235 e. The van der Waals surface area contributed by atoms with Gasteiger partial charge in [0, 0.05) is 13.1 Å². The number of rotatable bonds is 8. The molecule has 4 heteroatoms. The lowest BCUT2D eigenvalue weighted by atomic mass is 9.91. The maximum atomic E-state index is 11.8. The Morgan fingerprint density at radius 3 is 2.29 bits per heavy atom. The van der Waals surface area contributed by atoms with E-state index in [1.807, 2.05) is 0 Å². The van der Waals surface area contributed by atoms with Gasteiger partial charge in [-0.15, -0.1) is 6.58 Å². The van der Waals surface area contributed by atoms with Crippen molar-refractivity contribution in [3.05, 3.63) is 12.7 Å². The van der Waals surface area contributed by atoms with Gasteiger partial charge in [-0.3, -0.25) is 9.59 Å². The van der Waals surface area contributed by atoms with Crippen molar-refractivity contribution in [3.63, 3.8) is 0 Å². The van der Waals surface area contributed by atoms with Crippen LogP contribution in [0, 0.1) is 5.41 Å². The molecule has 0 atom stereocenters. The van der Waals surface area contributed by atoms with Crippen LogP contribution in [0.5, 0.6) is 0 Å². The summed E-state index contributed by atoms with van der Waals surface area (Å²) in [4.78, 5) is 23.6. The Hall–Kier alpha value is -1.32. The highest BCUT2D eigenvalue weighted by Gasteiger charge is 2.35. The minimum absolute atomic E-state index is 0.227. The van der Waals surface area contributed by atoms with Crippen LogP contribution < -0.4 is 10.6 Å². The van der Waals surface area contributed by atoms with E-state index < -0.39 is 5.41 Å². The van der Waals surface area contributed by atoms with E-state index in [2.05, 4.69) is 24.1 Å². The van der Waals surface area contributed by atoms with Gasteiger partial charge in [-0.05, 0) is 20.3 Å². The molecule has 0 aliphatic carbocycles. The molecule has 0 rings (SSSR count). The summed E-state index contributed by atoms with van der Waals surface area (Å²) < 4.78 is 0. The van der Waals surface area contributed by atoms with Crippen LogP contribution in [0.4, 0.5) is 0 Å². The fraction of sp³-hybridized carbons (Fsp3) is 0.692. The van der Waals surface area contributed by atoms with Gasteiger partial charge in [-0.25, -0.2) is 0 Å². The highest BCUT2D eigenvalue weighted by atomic mass is 16.2. The minimum atomic E-state index is -1.03. The lowest BCUT2D eigenvalue weighted by Crippen LogP contribution is -2.48. The van der Waals surface area contributed by atoms with Crippen LogP contribution in [0.2, 0.25) is 0 Å². The van der Waals surface area contributed by atoms with Gasteiger partial charge in [0.1, 0.15) is 5.41 Å². The number of carbonyl (C=O) groups excluding carboxylic acids is 2. The largest absolute Gasteiger partial charge is 0.355 e. The van der Waals surface area contributed by atoms with Crippen molar-refractivity contribution in [1.82, 2.24) is 10.6 Å². The molecule has 0 unspecified atom stereocenters. The normalized spacial score (nSPS) is 10.8. The first kappa shape index (κ1) is 15.7. The molecule has 0 spiro atoms. The van der Waals surface area contributed by atoms with Crippen molar-refractivity contribution in [2.24, 2.45) is 5.41 Å². The van der Waals surface area contributed by atoms with Crippen LogP contribution in [0.3, 0.4) is 0 Å². The first-order valence-corrected chi connectivity index (χ1v) is 6.14. The maximum absolute atomic E-state index is 11.8. The maximum Gasteiger partial charge on any atom is 0.235 e. The quantitative estimate of drug-likeness (QED) is 0.385. The van der Waals surface area contributed by atoms with Crippen LogP contribution >= 0.6 is 0 Å². The molecule has 0 aromatic heterocycles. The van der Waals surface area contributed by atoms with Crippen molar-refractivity contribution in [2.75, 3.05) is 13.1 Å². The summed E-state index contributed by atoms with van der Waals surface area (Å²) in [6.07, 6.45) is 4.74. The van der Waals surface area contributed by atoms with Crippen molar-refractivity contribution in [3.8, 4) is 0 Å². The van der Waals surface area contributed by atoms with E-state index >= 15 is 0 Å². The number of carbonyl (C=O) groups is 2. The Morgan fingerprint density at radius 1 is 1.18 bits per heavy atom. The molecule has 4 nitrogen and oxygen atoms in total. The average Bonchev–Trinajstić information content (AvgIpc) is 2.31. The molecule has 2 amide bonds. The Balaban J connectivity index is 4.14. The molecule has 0 aliphatic heterocycles. The first-order valence-electron chi connectivity index (χ1n) is 6.14. The van der Waals surface area contributed by atoms with E-state index in [9.17, 15) is 9.59 Å². The zero-order valence-corrected chi connectivity index (χ0v) is 11.1. The Kier molecular flexibility index (Phi) is 7.26. The highest BCUT2D eigenvalue weighted by Crippen LogP contribution is 2.15. The second-order valence-corrected chi connectivity index (χ2v) is 4.59. The molecule has 0 aliphatic rings. The second kappa shape index (κ2) is 7.87. The van der Waals surface area contributed by atoms with Gasteiger partial charge in [0.2, 0.25) is 11.8 Å². The van der Waals surface area contributed by atoms with Gasteiger partial charge in [-0.2, -0.15) is 0 Å². The molecule has 0 bridgehead atoms. The van der Waals surface area contributed by atoms with Crippen LogP contribution in [0.1, 0.15) is 40.0 Å². The lowest BCUT2D eigenvalue weighted by Gasteiger charge is -2.22. The van der Waals surface area contributed by atoms with E-state index in [0.29, 0.717) is 13.1 Å². The first-order chi connectivity index (χ1) is 7.96. The average molecular weight is 240 g/mol. The number of amides is 2. The third kappa shape index (κ3) is 5.52. The number of nitrogens with one attached hydrogen (secondary N) is 2. The zero-order valence-electron chi connectivity index (χ0n) is 11.1. The topological polar surface area (TPSA) is 58.2 Å². The Morgan fingerprint density at radius 2 is 1.76 bits per heavy atom. The fourth-order valence-corrected chi connectivity index (χ4v) is 1.29. The molecule has 98 valence electrons. The van der Waals surface area contributed by atoms with E-state index in [1.165, 1.54) is 0 Å². The summed E-state index contributed by atoms with van der Waals surface area (Å²) in [7, 11) is 0. The summed E-state index contributed by atoms with van der Waals surface area (Å²) in [6, 6.07) is 0. The molecule has 17 heavy (non-hydrogen) atoms. The van der Waals surface area contributed by atoms with Crippen LogP contribution in [0.15, 0.2) is 12.7 Å². The summed E-state index contributed by atoms with van der Waals surface area (Å²) in [5.41, 5.74) is -1.03. The molecular formula is C13H24N2O2. The number of hydrogen-bond acceptors (Lipinski definition) is 2. The second-order valence-electron chi connectivity index (χ2n) is 4.59. The van der Waals surface area contributed by atoms with Crippen molar-refractivity contribution in [1.29, 1.82) is 0 Å². The summed E-state index contributed by atoms with van der Waals surface area (Å²) in [6.45, 7) is 9.88. The zero-order chi connectivity index (χ0) is 13.3. The molecule has 0 saturated carbocycles. The molecule has 0 aromatic rings. The van der Waals surface area contributed by atoms with Gasteiger partial charge in [0.05, 0.1) is 0 Å². The molecule has 0 fully saturated rings. The molecule has 0 radical (unpaired) electrons. The SMILES string of the molecule is C=CCNC(=O)C(C)(C)C(=O)NCCCCC. The standard InChI is InChI=1S/C13H24N2O2/c1-5-7-8-10-15-12(17)13(3,4)11(16)14-9-6-2/h6H,2,5,7-10H2,1,3-4H3,(H,14,16)(H,15,17). The molecule has 0 heterocycles. The lowest BCUT2D eigenvalue weighted by molar-refractivity contribution is -0.141. The van der Waals surface area contributed by atoms with E-state index in [4.69, 9.17) is 0 Å². The summed E-state index contributed by atoms with van der Waals surface area (Å²) in [5, 5.41) is 5.43. The third-order valence-corrected chi connectivity index (χ3v) is 2.61. The van der Waals surface area contributed by atoms with Gasteiger partial charge in [-0.1, -0.05) is 25.8 Å². The van der Waals surface area contributed by atoms with Crippen molar-refractivity contribution in [2.45, 2.75) is 40.0 Å². The number of unbranched alkanes of at least 4 members (excludes halogenated alkanes) is 2.